The molecule has 0 saturated heterocycles. The van der Waals surface area contributed by atoms with Crippen LogP contribution in [0.3, 0.4) is 0 Å². The molecule has 1 aliphatic heterocycles. The van der Waals surface area contributed by atoms with Crippen molar-refractivity contribution in [1.82, 2.24) is 0 Å². The van der Waals surface area contributed by atoms with Gasteiger partial charge in [-0.1, -0.05) is 12.1 Å². The van der Waals surface area contributed by atoms with E-state index in [2.05, 4.69) is 14.2 Å². The lowest BCUT2D eigenvalue weighted by Crippen LogP contribution is -2.26. The fraction of sp³-hybridized carbons (Fsp3) is 0.167. The summed E-state index contributed by atoms with van der Waals surface area (Å²) in [6.07, 6.45) is -2.67. The first-order chi connectivity index (χ1) is 8.96. The topological polar surface area (TPSA) is 68.6 Å². The standard InChI is InChI=1S/C12H7F2NO4/c1-17-11(16)8(6-15)5-7-3-2-4-9-10(7)19-12(13,14)18-9/h2-5H,1H3/b8-5+. The molecule has 0 aliphatic carbocycles. The fourth-order valence-corrected chi connectivity index (χ4v) is 1.51. The second-order valence-electron chi connectivity index (χ2n) is 3.50. The maximum atomic E-state index is 12.9. The number of fused-ring (bicyclic) bond motifs is 1. The van der Waals surface area contributed by atoms with Crippen LogP contribution in [-0.2, 0) is 9.53 Å². The molecule has 0 amide bonds. The van der Waals surface area contributed by atoms with Crippen molar-refractivity contribution in [3.63, 3.8) is 0 Å². The number of alkyl halides is 2. The van der Waals surface area contributed by atoms with Crippen LogP contribution in [0.25, 0.3) is 6.08 Å². The summed E-state index contributed by atoms with van der Waals surface area (Å²) in [7, 11) is 1.11. The van der Waals surface area contributed by atoms with Gasteiger partial charge in [0.2, 0.25) is 0 Å². The van der Waals surface area contributed by atoms with E-state index in [9.17, 15) is 13.6 Å². The lowest BCUT2D eigenvalue weighted by atomic mass is 10.1. The molecule has 0 bridgehead atoms. The number of hydrogen-bond donors (Lipinski definition) is 0. The van der Waals surface area contributed by atoms with E-state index in [1.54, 1.807) is 6.07 Å². The van der Waals surface area contributed by atoms with Gasteiger partial charge in [-0.2, -0.15) is 5.26 Å². The van der Waals surface area contributed by atoms with E-state index in [-0.39, 0.29) is 22.6 Å². The Morgan fingerprint density at radius 1 is 1.47 bits per heavy atom. The van der Waals surface area contributed by atoms with Gasteiger partial charge in [0.05, 0.1) is 7.11 Å². The first-order valence-electron chi connectivity index (χ1n) is 5.06. The minimum atomic E-state index is -3.76. The molecule has 19 heavy (non-hydrogen) atoms. The summed E-state index contributed by atoms with van der Waals surface area (Å²) >= 11 is 0. The number of carbonyl (C=O) groups excluding carboxylic acids is 1. The molecular formula is C12H7F2NO4. The molecule has 0 unspecified atom stereocenters. The number of methoxy groups -OCH3 is 1. The Morgan fingerprint density at radius 2 is 2.21 bits per heavy atom. The third kappa shape index (κ3) is 2.47. The Bertz CT molecular complexity index is 604. The number of halogens is 2. The van der Waals surface area contributed by atoms with Crippen molar-refractivity contribution in [1.29, 1.82) is 5.26 Å². The first kappa shape index (κ1) is 12.8. The van der Waals surface area contributed by atoms with Crippen molar-refractivity contribution in [3.05, 3.63) is 29.3 Å². The third-order valence-electron chi connectivity index (χ3n) is 2.28. The molecule has 0 fully saturated rings. The predicted octanol–water partition coefficient (Wildman–Crippen LogP) is 2.09. The Morgan fingerprint density at radius 3 is 2.84 bits per heavy atom. The molecule has 0 atom stereocenters. The monoisotopic (exact) mass is 267 g/mol. The van der Waals surface area contributed by atoms with E-state index in [1.807, 2.05) is 0 Å². The van der Waals surface area contributed by atoms with Crippen LogP contribution in [0.2, 0.25) is 0 Å². The Balaban J connectivity index is 2.45. The summed E-state index contributed by atoms with van der Waals surface area (Å²) in [4.78, 5) is 11.2. The number of esters is 1. The molecule has 1 heterocycles. The lowest BCUT2D eigenvalue weighted by molar-refractivity contribution is -0.286. The Hall–Kier alpha value is -2.62. The number of benzene rings is 1. The van der Waals surface area contributed by atoms with Gasteiger partial charge in [-0.3, -0.25) is 0 Å². The normalized spacial score (nSPS) is 15.8. The number of nitrogens with zero attached hydrogens (tertiary/aromatic N) is 1. The summed E-state index contributed by atoms with van der Waals surface area (Å²) in [6.45, 7) is 0. The average Bonchev–Trinajstić information content (AvgIpc) is 2.69. The highest BCUT2D eigenvalue weighted by molar-refractivity contribution is 5.98. The van der Waals surface area contributed by atoms with Crippen LogP contribution in [0.1, 0.15) is 5.56 Å². The van der Waals surface area contributed by atoms with Gasteiger partial charge in [-0.25, -0.2) is 4.79 Å². The SMILES string of the molecule is COC(=O)/C(C#N)=C/c1cccc2c1OC(F)(F)O2. The van der Waals surface area contributed by atoms with Crippen LogP contribution in [0.4, 0.5) is 8.78 Å². The minimum absolute atomic E-state index is 0.122. The van der Waals surface area contributed by atoms with Crippen LogP contribution in [0, 0.1) is 11.3 Å². The van der Waals surface area contributed by atoms with Crippen molar-refractivity contribution in [2.75, 3.05) is 7.11 Å². The van der Waals surface area contributed by atoms with Gasteiger partial charge in [0.15, 0.2) is 11.5 Å². The number of ether oxygens (including phenoxy) is 3. The molecule has 0 radical (unpaired) electrons. The van der Waals surface area contributed by atoms with Crippen LogP contribution < -0.4 is 9.47 Å². The van der Waals surface area contributed by atoms with Crippen LogP contribution in [0.15, 0.2) is 23.8 Å². The van der Waals surface area contributed by atoms with Crippen molar-refractivity contribution >= 4 is 12.0 Å². The van der Waals surface area contributed by atoms with E-state index in [0.29, 0.717) is 0 Å². The maximum Gasteiger partial charge on any atom is 0.586 e. The molecule has 98 valence electrons. The zero-order chi connectivity index (χ0) is 14.0. The Kier molecular flexibility index (Phi) is 3.09. The van der Waals surface area contributed by atoms with E-state index in [1.165, 1.54) is 18.2 Å². The van der Waals surface area contributed by atoms with Gasteiger partial charge in [-0.15, -0.1) is 8.78 Å². The molecular weight excluding hydrogens is 260 g/mol. The van der Waals surface area contributed by atoms with Gasteiger partial charge in [0.25, 0.3) is 0 Å². The molecule has 7 heteroatoms. The van der Waals surface area contributed by atoms with Crippen molar-refractivity contribution in [2.45, 2.75) is 6.29 Å². The van der Waals surface area contributed by atoms with Crippen LogP contribution in [-0.4, -0.2) is 19.4 Å². The zero-order valence-corrected chi connectivity index (χ0v) is 9.65. The highest BCUT2D eigenvalue weighted by Gasteiger charge is 2.44. The molecule has 0 spiro atoms. The van der Waals surface area contributed by atoms with Crippen LogP contribution in [0.5, 0.6) is 11.5 Å². The summed E-state index contributed by atoms with van der Waals surface area (Å²) in [5.74, 6) is -1.27. The molecule has 0 saturated carbocycles. The number of carbonyl (C=O) groups is 1. The number of hydrogen-bond acceptors (Lipinski definition) is 5. The molecule has 0 N–H and O–H groups in total. The smallest absolute Gasteiger partial charge is 0.465 e. The van der Waals surface area contributed by atoms with Gasteiger partial charge in [-0.05, 0) is 12.1 Å². The molecule has 1 aliphatic rings. The van der Waals surface area contributed by atoms with Gasteiger partial charge in [0, 0.05) is 5.56 Å². The fourth-order valence-electron chi connectivity index (χ4n) is 1.51. The van der Waals surface area contributed by atoms with Crippen molar-refractivity contribution < 1.29 is 27.8 Å². The summed E-state index contributed by atoms with van der Waals surface area (Å²) in [5.41, 5.74) is -0.216. The van der Waals surface area contributed by atoms with Gasteiger partial charge >= 0.3 is 12.3 Å². The summed E-state index contributed by atoms with van der Waals surface area (Å²) in [5, 5.41) is 8.80. The quantitative estimate of drug-likeness (QED) is 0.466. The van der Waals surface area contributed by atoms with E-state index < -0.39 is 12.3 Å². The number of nitriles is 1. The summed E-state index contributed by atoms with van der Waals surface area (Å²) in [6, 6.07) is 5.74. The number of rotatable bonds is 2. The Labute approximate surface area is 106 Å². The largest absolute Gasteiger partial charge is 0.586 e. The van der Waals surface area contributed by atoms with Crippen LogP contribution >= 0.6 is 0 Å². The lowest BCUT2D eigenvalue weighted by Gasteiger charge is -2.05. The minimum Gasteiger partial charge on any atom is -0.465 e. The average molecular weight is 267 g/mol. The number of para-hydroxylation sites is 1. The maximum absolute atomic E-state index is 12.9. The molecule has 1 aromatic carbocycles. The van der Waals surface area contributed by atoms with E-state index in [0.717, 1.165) is 13.2 Å². The van der Waals surface area contributed by atoms with E-state index >= 15 is 0 Å². The second-order valence-corrected chi connectivity index (χ2v) is 3.50. The van der Waals surface area contributed by atoms with Gasteiger partial charge in [0.1, 0.15) is 11.6 Å². The zero-order valence-electron chi connectivity index (χ0n) is 9.65. The summed E-state index contributed by atoms with van der Waals surface area (Å²) < 4.78 is 38.8. The van der Waals surface area contributed by atoms with Crippen molar-refractivity contribution in [2.24, 2.45) is 0 Å². The molecule has 5 nitrogen and oxygen atoms in total. The highest BCUT2D eigenvalue weighted by Crippen LogP contribution is 2.43. The third-order valence-corrected chi connectivity index (χ3v) is 2.28. The first-order valence-corrected chi connectivity index (χ1v) is 5.06. The molecule has 0 aromatic heterocycles. The van der Waals surface area contributed by atoms with Gasteiger partial charge < -0.3 is 14.2 Å². The molecule has 2 rings (SSSR count). The van der Waals surface area contributed by atoms with Crippen molar-refractivity contribution in [3.8, 4) is 17.6 Å². The second kappa shape index (κ2) is 4.57. The van der Waals surface area contributed by atoms with E-state index in [4.69, 9.17) is 5.26 Å². The predicted molar refractivity (Wildman–Crippen MR) is 58.3 cm³/mol. The highest BCUT2D eigenvalue weighted by atomic mass is 19.3. The molecule has 1 aromatic rings.